The second kappa shape index (κ2) is 7.77. The lowest BCUT2D eigenvalue weighted by molar-refractivity contribution is 0.144. The van der Waals surface area contributed by atoms with E-state index < -0.39 is 0 Å². The lowest BCUT2D eigenvalue weighted by atomic mass is 10.1. The number of nitrogens with zero attached hydrogens (tertiary/aromatic N) is 2. The lowest BCUT2D eigenvalue weighted by Crippen LogP contribution is -2.38. The van der Waals surface area contributed by atoms with E-state index in [1.165, 1.54) is 25.1 Å². The molecule has 1 aromatic carbocycles. The SMILES string of the molecule is CC(C)N(CCO)CC1CCN(Cc2ccccc2)C1. The monoisotopic (exact) mass is 276 g/mol. The smallest absolute Gasteiger partial charge is 0.0558 e. The van der Waals surface area contributed by atoms with Gasteiger partial charge in [0.1, 0.15) is 0 Å². The number of hydrogen-bond acceptors (Lipinski definition) is 3. The summed E-state index contributed by atoms with van der Waals surface area (Å²) in [6.07, 6.45) is 1.28. The number of benzene rings is 1. The molecule has 0 radical (unpaired) electrons. The molecule has 1 atom stereocenters. The van der Waals surface area contributed by atoms with Gasteiger partial charge in [0.05, 0.1) is 6.61 Å². The van der Waals surface area contributed by atoms with Gasteiger partial charge in [-0.15, -0.1) is 0 Å². The molecule has 0 spiro atoms. The average molecular weight is 276 g/mol. The maximum Gasteiger partial charge on any atom is 0.0558 e. The van der Waals surface area contributed by atoms with E-state index in [0.717, 1.165) is 25.6 Å². The predicted molar refractivity (Wildman–Crippen MR) is 83.6 cm³/mol. The molecular formula is C17H28N2O. The number of rotatable bonds is 7. The maximum absolute atomic E-state index is 9.15. The van der Waals surface area contributed by atoms with Crippen molar-refractivity contribution in [2.45, 2.75) is 32.9 Å². The molecule has 1 fully saturated rings. The molecule has 112 valence electrons. The van der Waals surface area contributed by atoms with Crippen LogP contribution in [0.2, 0.25) is 0 Å². The molecule has 0 bridgehead atoms. The molecule has 2 rings (SSSR count). The summed E-state index contributed by atoms with van der Waals surface area (Å²) in [5, 5.41) is 9.15. The molecule has 0 aromatic heterocycles. The lowest BCUT2D eigenvalue weighted by Gasteiger charge is -2.28. The van der Waals surface area contributed by atoms with Gasteiger partial charge >= 0.3 is 0 Å². The van der Waals surface area contributed by atoms with Crippen LogP contribution in [0.1, 0.15) is 25.8 Å². The first-order chi connectivity index (χ1) is 9.69. The summed E-state index contributed by atoms with van der Waals surface area (Å²) >= 11 is 0. The van der Waals surface area contributed by atoms with Crippen LogP contribution in [0.15, 0.2) is 30.3 Å². The fraction of sp³-hybridized carbons (Fsp3) is 0.647. The fourth-order valence-electron chi connectivity index (χ4n) is 3.07. The van der Waals surface area contributed by atoms with Crippen molar-refractivity contribution in [3.8, 4) is 0 Å². The van der Waals surface area contributed by atoms with Gasteiger partial charge in [0.15, 0.2) is 0 Å². The van der Waals surface area contributed by atoms with Crippen molar-refractivity contribution in [2.24, 2.45) is 5.92 Å². The highest BCUT2D eigenvalue weighted by molar-refractivity contribution is 5.14. The highest BCUT2D eigenvalue weighted by Crippen LogP contribution is 2.20. The number of aliphatic hydroxyl groups is 1. The van der Waals surface area contributed by atoms with E-state index in [9.17, 15) is 0 Å². The van der Waals surface area contributed by atoms with Crippen LogP contribution in [0.25, 0.3) is 0 Å². The van der Waals surface area contributed by atoms with Gasteiger partial charge in [-0.3, -0.25) is 9.80 Å². The Hall–Kier alpha value is -0.900. The Balaban J connectivity index is 1.80. The van der Waals surface area contributed by atoms with E-state index in [1.807, 2.05) is 0 Å². The first-order valence-corrected chi connectivity index (χ1v) is 7.80. The quantitative estimate of drug-likeness (QED) is 0.827. The minimum atomic E-state index is 0.263. The predicted octanol–water partition coefficient (Wildman–Crippen LogP) is 2.21. The summed E-state index contributed by atoms with van der Waals surface area (Å²) in [5.41, 5.74) is 1.41. The van der Waals surface area contributed by atoms with Crippen molar-refractivity contribution in [3.63, 3.8) is 0 Å². The third kappa shape index (κ3) is 4.58. The first kappa shape index (κ1) is 15.5. The van der Waals surface area contributed by atoms with E-state index in [2.05, 4.69) is 54.0 Å². The summed E-state index contributed by atoms with van der Waals surface area (Å²) in [5.74, 6) is 0.743. The Labute approximate surface area is 123 Å². The normalized spacial score (nSPS) is 20.1. The molecule has 1 heterocycles. The van der Waals surface area contributed by atoms with Crippen molar-refractivity contribution in [1.82, 2.24) is 9.80 Å². The summed E-state index contributed by atoms with van der Waals surface area (Å²) in [7, 11) is 0. The van der Waals surface area contributed by atoms with Crippen molar-refractivity contribution in [1.29, 1.82) is 0 Å². The molecule has 1 N–H and O–H groups in total. The Morgan fingerprint density at radius 1 is 1.30 bits per heavy atom. The van der Waals surface area contributed by atoms with Gasteiger partial charge in [0.2, 0.25) is 0 Å². The van der Waals surface area contributed by atoms with Crippen LogP contribution in [0.5, 0.6) is 0 Å². The largest absolute Gasteiger partial charge is 0.395 e. The molecule has 1 aliphatic heterocycles. The highest BCUT2D eigenvalue weighted by atomic mass is 16.3. The van der Waals surface area contributed by atoms with Crippen LogP contribution >= 0.6 is 0 Å². The Morgan fingerprint density at radius 3 is 2.70 bits per heavy atom. The number of likely N-dealkylation sites (tertiary alicyclic amines) is 1. The minimum Gasteiger partial charge on any atom is -0.395 e. The van der Waals surface area contributed by atoms with E-state index in [0.29, 0.717) is 6.04 Å². The second-order valence-electron chi connectivity index (χ2n) is 6.19. The summed E-state index contributed by atoms with van der Waals surface area (Å²) in [6.45, 7) is 10.1. The van der Waals surface area contributed by atoms with Gasteiger partial charge in [0.25, 0.3) is 0 Å². The summed E-state index contributed by atoms with van der Waals surface area (Å²) < 4.78 is 0. The first-order valence-electron chi connectivity index (χ1n) is 7.80. The van der Waals surface area contributed by atoms with Crippen LogP contribution in [0, 0.1) is 5.92 Å². The zero-order chi connectivity index (χ0) is 14.4. The Kier molecular flexibility index (Phi) is 6.02. The van der Waals surface area contributed by atoms with Crippen LogP contribution in [0.4, 0.5) is 0 Å². The topological polar surface area (TPSA) is 26.7 Å². The van der Waals surface area contributed by atoms with Crippen molar-refractivity contribution >= 4 is 0 Å². The molecule has 1 unspecified atom stereocenters. The third-order valence-electron chi connectivity index (χ3n) is 4.23. The average Bonchev–Trinajstić information content (AvgIpc) is 2.86. The molecule has 0 saturated carbocycles. The van der Waals surface area contributed by atoms with Gasteiger partial charge in [-0.05, 0) is 38.3 Å². The standard InChI is InChI=1S/C17H28N2O/c1-15(2)19(10-11-20)14-17-8-9-18(13-17)12-16-6-4-3-5-7-16/h3-7,15,17,20H,8-14H2,1-2H3. The molecular weight excluding hydrogens is 248 g/mol. The van der Waals surface area contributed by atoms with E-state index in [1.54, 1.807) is 0 Å². The van der Waals surface area contributed by atoms with E-state index in [4.69, 9.17) is 5.11 Å². The zero-order valence-electron chi connectivity index (χ0n) is 12.8. The molecule has 3 nitrogen and oxygen atoms in total. The molecule has 1 aliphatic rings. The molecule has 20 heavy (non-hydrogen) atoms. The van der Waals surface area contributed by atoms with Gasteiger partial charge in [-0.1, -0.05) is 30.3 Å². The van der Waals surface area contributed by atoms with Gasteiger partial charge < -0.3 is 5.11 Å². The molecule has 1 aromatic rings. The van der Waals surface area contributed by atoms with Gasteiger partial charge in [-0.25, -0.2) is 0 Å². The second-order valence-corrected chi connectivity index (χ2v) is 6.19. The van der Waals surface area contributed by atoms with Crippen LogP contribution in [-0.2, 0) is 6.54 Å². The van der Waals surface area contributed by atoms with Crippen molar-refractivity contribution < 1.29 is 5.11 Å². The third-order valence-corrected chi connectivity index (χ3v) is 4.23. The van der Waals surface area contributed by atoms with Gasteiger partial charge in [0, 0.05) is 32.2 Å². The van der Waals surface area contributed by atoms with Gasteiger partial charge in [-0.2, -0.15) is 0 Å². The highest BCUT2D eigenvalue weighted by Gasteiger charge is 2.25. The fourth-order valence-corrected chi connectivity index (χ4v) is 3.07. The molecule has 0 amide bonds. The van der Waals surface area contributed by atoms with Crippen molar-refractivity contribution in [3.05, 3.63) is 35.9 Å². The van der Waals surface area contributed by atoms with Crippen LogP contribution < -0.4 is 0 Å². The van der Waals surface area contributed by atoms with E-state index in [-0.39, 0.29) is 6.61 Å². The number of hydrogen-bond donors (Lipinski definition) is 1. The van der Waals surface area contributed by atoms with E-state index >= 15 is 0 Å². The van der Waals surface area contributed by atoms with Crippen LogP contribution in [0.3, 0.4) is 0 Å². The van der Waals surface area contributed by atoms with Crippen LogP contribution in [-0.4, -0.2) is 53.7 Å². The maximum atomic E-state index is 9.15. The minimum absolute atomic E-state index is 0.263. The Bertz CT molecular complexity index is 380. The zero-order valence-corrected chi connectivity index (χ0v) is 12.8. The molecule has 3 heteroatoms. The summed E-state index contributed by atoms with van der Waals surface area (Å²) in [4.78, 5) is 4.95. The molecule has 0 aliphatic carbocycles. The molecule has 1 saturated heterocycles. The number of aliphatic hydroxyl groups excluding tert-OH is 1. The summed E-state index contributed by atoms with van der Waals surface area (Å²) in [6, 6.07) is 11.2. The van der Waals surface area contributed by atoms with Crippen molar-refractivity contribution in [2.75, 3.05) is 32.8 Å². The Morgan fingerprint density at radius 2 is 2.05 bits per heavy atom.